The minimum Gasteiger partial charge on any atom is -0.457 e. The molecule has 6 heteroatoms. The SMILES string of the molecule is Nc1cc(=O)nc(-c2ccc(Oc3ccc(F)cc3)cc2)[nH]1. The number of aromatic nitrogens is 2. The molecule has 22 heavy (non-hydrogen) atoms. The van der Waals surface area contributed by atoms with Crippen LogP contribution < -0.4 is 16.0 Å². The summed E-state index contributed by atoms with van der Waals surface area (Å²) in [5.41, 5.74) is 5.89. The number of nitrogens with zero attached hydrogens (tertiary/aromatic N) is 1. The molecule has 0 saturated heterocycles. The highest BCUT2D eigenvalue weighted by atomic mass is 19.1. The zero-order valence-electron chi connectivity index (χ0n) is 11.4. The maximum atomic E-state index is 12.8. The molecule has 1 aromatic heterocycles. The van der Waals surface area contributed by atoms with Crippen LogP contribution in [-0.4, -0.2) is 9.97 Å². The van der Waals surface area contributed by atoms with Gasteiger partial charge in [0, 0.05) is 11.6 Å². The average molecular weight is 297 g/mol. The van der Waals surface area contributed by atoms with Gasteiger partial charge in [0.25, 0.3) is 5.56 Å². The van der Waals surface area contributed by atoms with Crippen molar-refractivity contribution in [1.29, 1.82) is 0 Å². The van der Waals surface area contributed by atoms with Gasteiger partial charge in [-0.15, -0.1) is 0 Å². The van der Waals surface area contributed by atoms with Crippen molar-refractivity contribution in [2.75, 3.05) is 5.73 Å². The highest BCUT2D eigenvalue weighted by molar-refractivity contribution is 5.57. The van der Waals surface area contributed by atoms with Crippen LogP contribution in [0.2, 0.25) is 0 Å². The molecule has 0 atom stereocenters. The molecule has 0 aliphatic heterocycles. The highest BCUT2D eigenvalue weighted by Gasteiger charge is 2.04. The molecule has 0 fully saturated rings. The number of H-pyrrole nitrogens is 1. The summed E-state index contributed by atoms with van der Waals surface area (Å²) < 4.78 is 18.4. The Morgan fingerprint density at radius 1 is 1.00 bits per heavy atom. The van der Waals surface area contributed by atoms with Crippen LogP contribution in [0.3, 0.4) is 0 Å². The van der Waals surface area contributed by atoms with Crippen molar-refractivity contribution in [2.45, 2.75) is 0 Å². The van der Waals surface area contributed by atoms with Crippen molar-refractivity contribution in [1.82, 2.24) is 9.97 Å². The molecule has 3 aromatic rings. The lowest BCUT2D eigenvalue weighted by molar-refractivity contribution is 0.480. The Hall–Kier alpha value is -3.15. The zero-order chi connectivity index (χ0) is 15.5. The van der Waals surface area contributed by atoms with Crippen molar-refractivity contribution in [2.24, 2.45) is 0 Å². The van der Waals surface area contributed by atoms with E-state index in [0.29, 0.717) is 22.9 Å². The lowest BCUT2D eigenvalue weighted by atomic mass is 10.2. The summed E-state index contributed by atoms with van der Waals surface area (Å²) in [7, 11) is 0. The lowest BCUT2D eigenvalue weighted by Crippen LogP contribution is -2.09. The van der Waals surface area contributed by atoms with Crippen LogP contribution in [0.4, 0.5) is 10.2 Å². The monoisotopic (exact) mass is 297 g/mol. The molecular weight excluding hydrogens is 285 g/mol. The average Bonchev–Trinajstić information content (AvgIpc) is 2.49. The Kier molecular flexibility index (Phi) is 3.57. The first-order valence-electron chi connectivity index (χ1n) is 6.51. The zero-order valence-corrected chi connectivity index (χ0v) is 11.4. The first kappa shape index (κ1) is 13.8. The minimum atomic E-state index is -0.405. The van der Waals surface area contributed by atoms with Crippen LogP contribution in [0.25, 0.3) is 11.4 Å². The van der Waals surface area contributed by atoms with Crippen LogP contribution >= 0.6 is 0 Å². The number of aromatic amines is 1. The van der Waals surface area contributed by atoms with E-state index < -0.39 is 5.56 Å². The molecule has 0 aliphatic carbocycles. The highest BCUT2D eigenvalue weighted by Crippen LogP contribution is 2.24. The normalized spacial score (nSPS) is 10.4. The third-order valence-corrected chi connectivity index (χ3v) is 2.94. The maximum absolute atomic E-state index is 12.8. The molecule has 0 aliphatic rings. The number of halogens is 1. The fourth-order valence-electron chi connectivity index (χ4n) is 1.93. The van der Waals surface area contributed by atoms with E-state index >= 15 is 0 Å². The quantitative estimate of drug-likeness (QED) is 0.778. The number of rotatable bonds is 3. The maximum Gasteiger partial charge on any atom is 0.275 e. The number of nitrogen functional groups attached to an aromatic ring is 1. The number of nitrogens with one attached hydrogen (secondary N) is 1. The predicted molar refractivity (Wildman–Crippen MR) is 81.2 cm³/mol. The third-order valence-electron chi connectivity index (χ3n) is 2.94. The van der Waals surface area contributed by atoms with Crippen molar-refractivity contribution < 1.29 is 9.13 Å². The molecule has 0 unspecified atom stereocenters. The van der Waals surface area contributed by atoms with Crippen LogP contribution in [0.15, 0.2) is 59.4 Å². The van der Waals surface area contributed by atoms with E-state index in [2.05, 4.69) is 9.97 Å². The third kappa shape index (κ3) is 3.12. The molecule has 0 saturated carbocycles. The van der Waals surface area contributed by atoms with Gasteiger partial charge in [0.2, 0.25) is 0 Å². The molecule has 0 radical (unpaired) electrons. The Labute approximate surface area is 125 Å². The number of anilines is 1. The van der Waals surface area contributed by atoms with E-state index in [1.165, 1.54) is 18.2 Å². The molecular formula is C16H12FN3O2. The van der Waals surface area contributed by atoms with E-state index in [0.717, 1.165) is 0 Å². The Bertz CT molecular complexity index is 843. The van der Waals surface area contributed by atoms with Gasteiger partial charge in [0.15, 0.2) is 0 Å². The first-order valence-corrected chi connectivity index (χ1v) is 6.51. The Morgan fingerprint density at radius 2 is 1.59 bits per heavy atom. The van der Waals surface area contributed by atoms with Gasteiger partial charge < -0.3 is 15.5 Å². The molecule has 0 spiro atoms. The number of hydrogen-bond acceptors (Lipinski definition) is 4. The Balaban J connectivity index is 1.83. The van der Waals surface area contributed by atoms with Crippen molar-refractivity contribution in [3.8, 4) is 22.9 Å². The fourth-order valence-corrected chi connectivity index (χ4v) is 1.93. The molecule has 2 aromatic carbocycles. The lowest BCUT2D eigenvalue weighted by Gasteiger charge is -2.07. The van der Waals surface area contributed by atoms with Gasteiger partial charge in [-0.2, -0.15) is 4.98 Å². The number of nitrogens with two attached hydrogens (primary N) is 1. The summed E-state index contributed by atoms with van der Waals surface area (Å²) in [5.74, 6) is 1.44. The largest absolute Gasteiger partial charge is 0.457 e. The van der Waals surface area contributed by atoms with Crippen molar-refractivity contribution in [3.05, 3.63) is 70.8 Å². The van der Waals surface area contributed by atoms with Crippen molar-refractivity contribution in [3.63, 3.8) is 0 Å². The van der Waals surface area contributed by atoms with Crippen LogP contribution in [0.5, 0.6) is 11.5 Å². The van der Waals surface area contributed by atoms with E-state index in [4.69, 9.17) is 10.5 Å². The standard InChI is InChI=1S/C16H12FN3O2/c17-11-3-7-13(8-4-11)22-12-5-1-10(2-6-12)16-19-14(18)9-15(21)20-16/h1-9H,(H3,18,19,20,21). The second kappa shape index (κ2) is 5.69. The van der Waals surface area contributed by atoms with E-state index in [1.54, 1.807) is 36.4 Å². The van der Waals surface area contributed by atoms with Gasteiger partial charge in [-0.1, -0.05) is 0 Å². The van der Waals surface area contributed by atoms with Gasteiger partial charge >= 0.3 is 0 Å². The predicted octanol–water partition coefficient (Wildman–Crippen LogP) is 2.95. The van der Waals surface area contributed by atoms with Gasteiger partial charge in [-0.25, -0.2) is 4.39 Å². The molecule has 0 amide bonds. The van der Waals surface area contributed by atoms with Gasteiger partial charge in [0.1, 0.15) is 29.0 Å². The second-order valence-corrected chi connectivity index (χ2v) is 4.60. The van der Waals surface area contributed by atoms with Crippen LogP contribution in [-0.2, 0) is 0 Å². The summed E-state index contributed by atoms with van der Waals surface area (Å²) >= 11 is 0. The summed E-state index contributed by atoms with van der Waals surface area (Å²) in [5, 5.41) is 0. The minimum absolute atomic E-state index is 0.252. The van der Waals surface area contributed by atoms with Crippen molar-refractivity contribution >= 4 is 5.82 Å². The molecule has 3 N–H and O–H groups in total. The van der Waals surface area contributed by atoms with Crippen LogP contribution in [0.1, 0.15) is 0 Å². The number of ether oxygens (including phenoxy) is 1. The smallest absolute Gasteiger partial charge is 0.275 e. The first-order chi connectivity index (χ1) is 10.6. The number of benzene rings is 2. The number of hydrogen-bond donors (Lipinski definition) is 2. The van der Waals surface area contributed by atoms with Gasteiger partial charge in [-0.05, 0) is 48.5 Å². The van der Waals surface area contributed by atoms with E-state index in [-0.39, 0.29) is 11.6 Å². The summed E-state index contributed by atoms with van der Waals surface area (Å²) in [6.07, 6.45) is 0. The molecule has 0 bridgehead atoms. The van der Waals surface area contributed by atoms with Gasteiger partial charge in [0.05, 0.1) is 0 Å². The summed E-state index contributed by atoms with van der Waals surface area (Å²) in [6, 6.07) is 13.9. The fraction of sp³-hybridized carbons (Fsp3) is 0. The van der Waals surface area contributed by atoms with Gasteiger partial charge in [-0.3, -0.25) is 4.79 Å². The topological polar surface area (TPSA) is 81.0 Å². The molecule has 110 valence electrons. The van der Waals surface area contributed by atoms with E-state index in [1.807, 2.05) is 0 Å². The van der Waals surface area contributed by atoms with Crippen LogP contribution in [0, 0.1) is 5.82 Å². The molecule has 1 heterocycles. The second-order valence-electron chi connectivity index (χ2n) is 4.60. The van der Waals surface area contributed by atoms with E-state index in [9.17, 15) is 9.18 Å². The molecule has 5 nitrogen and oxygen atoms in total. The Morgan fingerprint density at radius 3 is 2.18 bits per heavy atom. The summed E-state index contributed by atoms with van der Waals surface area (Å²) in [6.45, 7) is 0. The molecule has 3 rings (SSSR count). The summed E-state index contributed by atoms with van der Waals surface area (Å²) in [4.78, 5) is 18.0.